The molecule has 7 heteroatoms. The van der Waals surface area contributed by atoms with Crippen LogP contribution in [0.2, 0.25) is 0 Å². The van der Waals surface area contributed by atoms with Crippen molar-refractivity contribution in [1.82, 2.24) is 5.16 Å². The Morgan fingerprint density at radius 2 is 1.93 bits per heavy atom. The minimum absolute atomic E-state index is 0.0196. The summed E-state index contributed by atoms with van der Waals surface area (Å²) in [5.41, 5.74) is 1.13. The average Bonchev–Trinajstić information content (AvgIpc) is 3.30. The predicted molar refractivity (Wildman–Crippen MR) is 110 cm³/mol. The highest BCUT2D eigenvalue weighted by atomic mass is 16.5. The highest BCUT2D eigenvalue weighted by molar-refractivity contribution is 6.10. The van der Waals surface area contributed by atoms with Crippen LogP contribution in [0.4, 0.5) is 5.82 Å². The largest absolute Gasteiger partial charge is 0.494 e. The van der Waals surface area contributed by atoms with Crippen molar-refractivity contribution in [3.05, 3.63) is 87.5 Å². The van der Waals surface area contributed by atoms with Gasteiger partial charge in [-0.05, 0) is 43.7 Å². The third kappa shape index (κ3) is 2.70. The third-order valence-electron chi connectivity index (χ3n) is 5.12. The molecule has 0 radical (unpaired) electrons. The summed E-state index contributed by atoms with van der Waals surface area (Å²) in [6.45, 7) is 4.14. The van der Waals surface area contributed by atoms with Gasteiger partial charge in [-0.3, -0.25) is 14.5 Å². The lowest BCUT2D eigenvalue weighted by Gasteiger charge is -2.22. The topological polar surface area (TPSA) is 85.8 Å². The molecule has 0 saturated heterocycles. The van der Waals surface area contributed by atoms with Crippen LogP contribution in [0.3, 0.4) is 0 Å². The lowest BCUT2D eigenvalue weighted by Crippen LogP contribution is -2.29. The highest BCUT2D eigenvalue weighted by Crippen LogP contribution is 2.41. The Kier molecular flexibility index (Phi) is 4.17. The van der Waals surface area contributed by atoms with Gasteiger partial charge in [-0.2, -0.15) is 0 Å². The predicted octanol–water partition coefficient (Wildman–Crippen LogP) is 4.24. The number of aromatic nitrogens is 1. The Hall–Kier alpha value is -3.87. The summed E-state index contributed by atoms with van der Waals surface area (Å²) in [4.78, 5) is 28.2. The molecule has 1 amide bonds. The van der Waals surface area contributed by atoms with Crippen LogP contribution < -0.4 is 15.1 Å². The number of nitrogens with zero attached hydrogens (tertiary/aromatic N) is 2. The lowest BCUT2D eigenvalue weighted by atomic mass is 9.98. The summed E-state index contributed by atoms with van der Waals surface area (Å²) in [5, 5.41) is 4.44. The van der Waals surface area contributed by atoms with Crippen molar-refractivity contribution >= 4 is 22.7 Å². The third-order valence-corrected chi connectivity index (χ3v) is 5.12. The second-order valence-electron chi connectivity index (χ2n) is 7.05. The Morgan fingerprint density at radius 1 is 1.10 bits per heavy atom. The number of fused-ring (bicyclic) bond motifs is 2. The number of para-hydroxylation sites is 1. The van der Waals surface area contributed by atoms with Gasteiger partial charge in [-0.1, -0.05) is 29.4 Å². The first kappa shape index (κ1) is 18.2. The lowest BCUT2D eigenvalue weighted by molar-refractivity contribution is 0.0969. The van der Waals surface area contributed by atoms with Crippen LogP contribution in [0.25, 0.3) is 11.0 Å². The fourth-order valence-electron chi connectivity index (χ4n) is 3.88. The van der Waals surface area contributed by atoms with Crippen LogP contribution >= 0.6 is 0 Å². The summed E-state index contributed by atoms with van der Waals surface area (Å²) in [5.74, 6) is 1.11. The van der Waals surface area contributed by atoms with E-state index in [0.717, 1.165) is 5.56 Å². The van der Waals surface area contributed by atoms with Crippen LogP contribution in [0.15, 0.2) is 68.3 Å². The van der Waals surface area contributed by atoms with Gasteiger partial charge in [0.25, 0.3) is 5.91 Å². The summed E-state index contributed by atoms with van der Waals surface area (Å²) < 4.78 is 16.7. The SMILES string of the molecule is CCOc1cccc([C@H]2c3c(oc4ccccc4c3=O)C(=O)N2c2cc(C)on2)c1. The van der Waals surface area contributed by atoms with Crippen molar-refractivity contribution in [3.63, 3.8) is 0 Å². The Bertz CT molecular complexity index is 1340. The molecule has 2 aromatic heterocycles. The Labute approximate surface area is 171 Å². The van der Waals surface area contributed by atoms with Crippen molar-refractivity contribution in [2.45, 2.75) is 19.9 Å². The first-order valence-electron chi connectivity index (χ1n) is 9.64. The van der Waals surface area contributed by atoms with E-state index in [1.165, 1.54) is 4.90 Å². The number of ether oxygens (including phenoxy) is 1. The van der Waals surface area contributed by atoms with E-state index in [4.69, 9.17) is 13.7 Å². The van der Waals surface area contributed by atoms with E-state index < -0.39 is 11.9 Å². The minimum Gasteiger partial charge on any atom is -0.494 e. The molecule has 0 saturated carbocycles. The second kappa shape index (κ2) is 6.88. The van der Waals surface area contributed by atoms with Crippen LogP contribution in [0.5, 0.6) is 5.75 Å². The number of benzene rings is 2. The van der Waals surface area contributed by atoms with Crippen LogP contribution in [0.1, 0.15) is 40.4 Å². The smallest absolute Gasteiger partial charge is 0.296 e. The van der Waals surface area contributed by atoms with Crippen LogP contribution in [0, 0.1) is 6.92 Å². The van der Waals surface area contributed by atoms with E-state index >= 15 is 0 Å². The first-order chi connectivity index (χ1) is 14.6. The van der Waals surface area contributed by atoms with E-state index in [0.29, 0.717) is 34.9 Å². The molecule has 0 fully saturated rings. The van der Waals surface area contributed by atoms with E-state index in [-0.39, 0.29) is 16.8 Å². The number of hydrogen-bond acceptors (Lipinski definition) is 6. The summed E-state index contributed by atoms with van der Waals surface area (Å²) in [6.07, 6.45) is 0. The van der Waals surface area contributed by atoms with Gasteiger partial charge >= 0.3 is 0 Å². The zero-order chi connectivity index (χ0) is 20.8. The normalized spacial score (nSPS) is 15.6. The molecule has 4 aromatic rings. The molecular formula is C23H18N2O5. The minimum atomic E-state index is -0.710. The molecule has 0 spiro atoms. The molecule has 5 rings (SSSR count). The fourth-order valence-corrected chi connectivity index (χ4v) is 3.88. The highest BCUT2D eigenvalue weighted by Gasteiger charge is 2.45. The number of amides is 1. The van der Waals surface area contributed by atoms with Gasteiger partial charge < -0.3 is 13.7 Å². The molecule has 2 aromatic carbocycles. The standard InChI is InChI=1S/C23H18N2O5/c1-3-28-15-8-6-7-14(12-15)20-19-21(26)16-9-4-5-10-17(16)29-22(19)23(27)25(20)18-11-13(2)30-24-18/h4-12,20H,3H2,1-2H3/t20-/m0/s1. The van der Waals surface area contributed by atoms with Crippen molar-refractivity contribution in [3.8, 4) is 5.75 Å². The molecule has 1 aliphatic rings. The van der Waals surface area contributed by atoms with Gasteiger partial charge in [0, 0.05) is 6.07 Å². The number of aryl methyl sites for hydroxylation is 1. The molecule has 0 bridgehead atoms. The van der Waals surface area contributed by atoms with Gasteiger partial charge in [0.05, 0.1) is 23.6 Å². The zero-order valence-electron chi connectivity index (χ0n) is 16.4. The number of carbonyl (C=O) groups excluding carboxylic acids is 1. The Balaban J connectivity index is 1.79. The fraction of sp³-hybridized carbons (Fsp3) is 0.174. The number of anilines is 1. The maximum absolute atomic E-state index is 13.4. The van der Waals surface area contributed by atoms with Gasteiger partial charge in [-0.25, -0.2) is 0 Å². The summed E-state index contributed by atoms with van der Waals surface area (Å²) in [6, 6.07) is 15.2. The molecule has 7 nitrogen and oxygen atoms in total. The molecule has 1 atom stereocenters. The molecule has 1 aliphatic heterocycles. The maximum atomic E-state index is 13.4. The molecule has 3 heterocycles. The Morgan fingerprint density at radius 3 is 2.70 bits per heavy atom. The van der Waals surface area contributed by atoms with Gasteiger partial charge in [-0.15, -0.1) is 0 Å². The van der Waals surface area contributed by atoms with Crippen molar-refractivity contribution in [1.29, 1.82) is 0 Å². The molecular weight excluding hydrogens is 384 g/mol. The van der Waals surface area contributed by atoms with Gasteiger partial charge in [0.1, 0.15) is 17.1 Å². The second-order valence-corrected chi connectivity index (χ2v) is 7.05. The monoisotopic (exact) mass is 402 g/mol. The summed E-state index contributed by atoms with van der Waals surface area (Å²) >= 11 is 0. The van der Waals surface area contributed by atoms with Gasteiger partial charge in [0.15, 0.2) is 11.2 Å². The van der Waals surface area contributed by atoms with E-state index in [1.54, 1.807) is 37.3 Å². The van der Waals surface area contributed by atoms with Crippen molar-refractivity contribution in [2.75, 3.05) is 11.5 Å². The molecule has 0 N–H and O–H groups in total. The number of carbonyl (C=O) groups is 1. The average molecular weight is 402 g/mol. The summed E-state index contributed by atoms with van der Waals surface area (Å²) in [7, 11) is 0. The van der Waals surface area contributed by atoms with Crippen molar-refractivity contribution in [2.24, 2.45) is 0 Å². The number of hydrogen-bond donors (Lipinski definition) is 0. The van der Waals surface area contributed by atoms with Crippen LogP contribution in [-0.2, 0) is 0 Å². The van der Waals surface area contributed by atoms with E-state index in [2.05, 4.69) is 5.16 Å². The van der Waals surface area contributed by atoms with Crippen LogP contribution in [-0.4, -0.2) is 17.7 Å². The van der Waals surface area contributed by atoms with Gasteiger partial charge in [0.2, 0.25) is 5.76 Å². The number of rotatable bonds is 4. The van der Waals surface area contributed by atoms with E-state index in [9.17, 15) is 9.59 Å². The zero-order valence-corrected chi connectivity index (χ0v) is 16.4. The molecule has 0 unspecified atom stereocenters. The molecule has 0 aliphatic carbocycles. The molecule has 30 heavy (non-hydrogen) atoms. The van der Waals surface area contributed by atoms with E-state index in [1.807, 2.05) is 31.2 Å². The van der Waals surface area contributed by atoms with Crippen molar-refractivity contribution < 1.29 is 18.5 Å². The first-order valence-corrected chi connectivity index (χ1v) is 9.64. The maximum Gasteiger partial charge on any atom is 0.296 e. The quantitative estimate of drug-likeness (QED) is 0.508. The molecule has 150 valence electrons.